The Morgan fingerprint density at radius 1 is 1.54 bits per heavy atom. The fourth-order valence-corrected chi connectivity index (χ4v) is 2.47. The third-order valence-corrected chi connectivity index (χ3v) is 3.70. The number of hydrogen-bond acceptors (Lipinski definition) is 2. The molecule has 0 aromatic carbocycles. The second-order valence-electron chi connectivity index (χ2n) is 3.84. The topological polar surface area (TPSA) is 30.7 Å². The lowest BCUT2D eigenvalue weighted by Gasteiger charge is -2.16. The molecule has 1 saturated carbocycles. The summed E-state index contributed by atoms with van der Waals surface area (Å²) in [7, 11) is 1.94. The molecule has 3 nitrogen and oxygen atoms in total. The van der Waals surface area contributed by atoms with Crippen LogP contribution >= 0.6 is 11.6 Å². The summed E-state index contributed by atoms with van der Waals surface area (Å²) in [6.45, 7) is 2.21. The van der Waals surface area contributed by atoms with E-state index >= 15 is 0 Å². The first kappa shape index (κ1) is 9.00. The molecular formula is C9H14ClN3. The Labute approximate surface area is 83.1 Å². The van der Waals surface area contributed by atoms with Crippen LogP contribution in [0.4, 0.5) is 0 Å². The number of halogens is 1. The van der Waals surface area contributed by atoms with Crippen LogP contribution in [-0.2, 0) is 7.05 Å². The zero-order valence-electron chi connectivity index (χ0n) is 7.94. The van der Waals surface area contributed by atoms with Crippen LogP contribution in [0.1, 0.15) is 31.4 Å². The average Bonchev–Trinajstić information content (AvgIpc) is 2.62. The van der Waals surface area contributed by atoms with Gasteiger partial charge in [-0.1, -0.05) is 12.1 Å². The monoisotopic (exact) mass is 199 g/mol. The SMILES string of the molecule is CC1C(Cl)CCC1c1cnnn1C. The summed E-state index contributed by atoms with van der Waals surface area (Å²) in [6.07, 6.45) is 4.13. The zero-order chi connectivity index (χ0) is 9.42. The lowest BCUT2D eigenvalue weighted by molar-refractivity contribution is 0.500. The number of rotatable bonds is 1. The molecule has 1 aliphatic rings. The third-order valence-electron chi connectivity index (χ3n) is 3.09. The highest BCUT2D eigenvalue weighted by Gasteiger charge is 2.34. The van der Waals surface area contributed by atoms with Gasteiger partial charge < -0.3 is 0 Å². The summed E-state index contributed by atoms with van der Waals surface area (Å²) in [4.78, 5) is 0. The number of aryl methyl sites for hydroxylation is 1. The van der Waals surface area contributed by atoms with E-state index in [1.165, 1.54) is 5.69 Å². The molecule has 0 N–H and O–H groups in total. The van der Waals surface area contributed by atoms with Crippen molar-refractivity contribution in [2.45, 2.75) is 31.1 Å². The molecule has 0 saturated heterocycles. The Morgan fingerprint density at radius 2 is 2.31 bits per heavy atom. The van der Waals surface area contributed by atoms with E-state index in [2.05, 4.69) is 17.2 Å². The lowest BCUT2D eigenvalue weighted by atomic mass is 9.95. The predicted molar refractivity (Wildman–Crippen MR) is 51.8 cm³/mol. The Kier molecular flexibility index (Phi) is 2.28. The predicted octanol–water partition coefficient (Wildman–Crippen LogP) is 1.94. The van der Waals surface area contributed by atoms with Crippen molar-refractivity contribution in [2.24, 2.45) is 13.0 Å². The highest BCUT2D eigenvalue weighted by Crippen LogP contribution is 2.41. The van der Waals surface area contributed by atoms with Gasteiger partial charge in [-0.2, -0.15) is 0 Å². The first-order chi connectivity index (χ1) is 6.20. The van der Waals surface area contributed by atoms with Crippen molar-refractivity contribution in [1.29, 1.82) is 0 Å². The molecule has 13 heavy (non-hydrogen) atoms. The molecule has 1 heterocycles. The van der Waals surface area contributed by atoms with Crippen molar-refractivity contribution >= 4 is 11.6 Å². The minimum absolute atomic E-state index is 0.319. The van der Waals surface area contributed by atoms with Crippen LogP contribution in [-0.4, -0.2) is 20.4 Å². The molecular weight excluding hydrogens is 186 g/mol. The molecule has 4 heteroatoms. The molecule has 1 aromatic rings. The molecule has 2 rings (SSSR count). The van der Waals surface area contributed by atoms with E-state index in [0.717, 1.165) is 12.8 Å². The van der Waals surface area contributed by atoms with Crippen LogP contribution in [0, 0.1) is 5.92 Å². The first-order valence-corrected chi connectivity index (χ1v) is 5.12. The highest BCUT2D eigenvalue weighted by atomic mass is 35.5. The van der Waals surface area contributed by atoms with E-state index in [0.29, 0.717) is 17.2 Å². The molecule has 1 fully saturated rings. The molecule has 72 valence electrons. The second kappa shape index (κ2) is 3.29. The smallest absolute Gasteiger partial charge is 0.0728 e. The summed E-state index contributed by atoms with van der Waals surface area (Å²) >= 11 is 6.18. The van der Waals surface area contributed by atoms with Gasteiger partial charge in [-0.05, 0) is 18.8 Å². The number of aromatic nitrogens is 3. The molecule has 0 radical (unpaired) electrons. The molecule has 1 aromatic heterocycles. The van der Waals surface area contributed by atoms with E-state index < -0.39 is 0 Å². The van der Waals surface area contributed by atoms with Crippen LogP contribution in [0.2, 0.25) is 0 Å². The van der Waals surface area contributed by atoms with Gasteiger partial charge in [0.05, 0.1) is 11.9 Å². The average molecular weight is 200 g/mol. The molecule has 3 unspecified atom stereocenters. The van der Waals surface area contributed by atoms with Crippen molar-refractivity contribution in [3.05, 3.63) is 11.9 Å². The fourth-order valence-electron chi connectivity index (χ4n) is 2.17. The van der Waals surface area contributed by atoms with Gasteiger partial charge in [0.1, 0.15) is 0 Å². The number of alkyl halides is 1. The van der Waals surface area contributed by atoms with Crippen molar-refractivity contribution in [2.75, 3.05) is 0 Å². The van der Waals surface area contributed by atoms with Crippen molar-refractivity contribution in [1.82, 2.24) is 15.0 Å². The maximum Gasteiger partial charge on any atom is 0.0728 e. The maximum absolute atomic E-state index is 6.18. The third kappa shape index (κ3) is 1.46. The van der Waals surface area contributed by atoms with Crippen LogP contribution in [0.3, 0.4) is 0 Å². The number of nitrogens with zero attached hydrogens (tertiary/aromatic N) is 3. The molecule has 1 aliphatic carbocycles. The summed E-state index contributed by atoms with van der Waals surface area (Å²) in [5.41, 5.74) is 1.22. The van der Waals surface area contributed by atoms with Crippen LogP contribution in [0.15, 0.2) is 6.20 Å². The van der Waals surface area contributed by atoms with Crippen molar-refractivity contribution in [3.8, 4) is 0 Å². The Bertz CT molecular complexity index is 297. The summed E-state index contributed by atoms with van der Waals surface area (Å²) in [6, 6.07) is 0. The van der Waals surface area contributed by atoms with E-state index in [4.69, 9.17) is 11.6 Å². The largest absolute Gasteiger partial charge is 0.252 e. The molecule has 3 atom stereocenters. The van der Waals surface area contributed by atoms with Gasteiger partial charge in [0.25, 0.3) is 0 Å². The highest BCUT2D eigenvalue weighted by molar-refractivity contribution is 6.21. The first-order valence-electron chi connectivity index (χ1n) is 4.69. The van der Waals surface area contributed by atoms with E-state index in [-0.39, 0.29) is 0 Å². The van der Waals surface area contributed by atoms with E-state index in [9.17, 15) is 0 Å². The van der Waals surface area contributed by atoms with Gasteiger partial charge in [0.2, 0.25) is 0 Å². The maximum atomic E-state index is 6.18. The second-order valence-corrected chi connectivity index (χ2v) is 4.40. The van der Waals surface area contributed by atoms with Gasteiger partial charge >= 0.3 is 0 Å². The molecule has 0 amide bonds. The summed E-state index contributed by atoms with van der Waals surface area (Å²) in [5, 5.41) is 8.16. The Morgan fingerprint density at radius 3 is 2.77 bits per heavy atom. The van der Waals surface area contributed by atoms with Gasteiger partial charge in [-0.25, -0.2) is 0 Å². The van der Waals surface area contributed by atoms with Crippen LogP contribution in [0.5, 0.6) is 0 Å². The fraction of sp³-hybridized carbons (Fsp3) is 0.778. The lowest BCUT2D eigenvalue weighted by Crippen LogP contribution is -2.12. The van der Waals surface area contributed by atoms with Gasteiger partial charge in [-0.15, -0.1) is 16.7 Å². The Hall–Kier alpha value is -0.570. The normalized spacial score (nSPS) is 33.9. The summed E-state index contributed by atoms with van der Waals surface area (Å²) < 4.78 is 1.86. The van der Waals surface area contributed by atoms with E-state index in [1.807, 2.05) is 17.9 Å². The van der Waals surface area contributed by atoms with Crippen LogP contribution in [0.25, 0.3) is 0 Å². The molecule has 0 spiro atoms. The minimum Gasteiger partial charge on any atom is -0.252 e. The Balaban J connectivity index is 2.23. The van der Waals surface area contributed by atoms with Gasteiger partial charge in [-0.3, -0.25) is 4.68 Å². The minimum atomic E-state index is 0.319. The summed E-state index contributed by atoms with van der Waals surface area (Å²) in [5.74, 6) is 1.08. The van der Waals surface area contributed by atoms with Gasteiger partial charge in [0, 0.05) is 18.3 Å². The van der Waals surface area contributed by atoms with E-state index in [1.54, 1.807) is 0 Å². The van der Waals surface area contributed by atoms with Crippen molar-refractivity contribution < 1.29 is 0 Å². The van der Waals surface area contributed by atoms with Crippen molar-refractivity contribution in [3.63, 3.8) is 0 Å². The quantitative estimate of drug-likeness (QED) is 0.648. The standard InChI is InChI=1S/C9H14ClN3/c1-6-7(3-4-8(6)10)9-5-11-12-13(9)2/h5-8H,3-4H2,1-2H3. The molecule has 0 aliphatic heterocycles. The molecule has 0 bridgehead atoms. The zero-order valence-corrected chi connectivity index (χ0v) is 8.70. The van der Waals surface area contributed by atoms with Gasteiger partial charge in [0.15, 0.2) is 0 Å². The van der Waals surface area contributed by atoms with Crippen LogP contribution < -0.4 is 0 Å². The number of hydrogen-bond donors (Lipinski definition) is 0.